The summed E-state index contributed by atoms with van der Waals surface area (Å²) >= 11 is 0. The maximum absolute atomic E-state index is 6.06. The molecule has 0 bridgehead atoms. The van der Waals surface area contributed by atoms with E-state index in [0.29, 0.717) is 0 Å². The Morgan fingerprint density at radius 1 is 1.19 bits per heavy atom. The molecule has 1 aliphatic rings. The molecule has 0 unspecified atom stereocenters. The first-order valence-electron chi connectivity index (χ1n) is 8.50. The van der Waals surface area contributed by atoms with Crippen molar-refractivity contribution in [1.29, 1.82) is 0 Å². The molecule has 1 saturated carbocycles. The highest BCUT2D eigenvalue weighted by Gasteiger charge is 2.19. The van der Waals surface area contributed by atoms with Gasteiger partial charge in [-0.3, -0.25) is 0 Å². The zero-order valence-electron chi connectivity index (χ0n) is 14.2. The third-order valence-electron chi connectivity index (χ3n) is 4.41. The highest BCUT2D eigenvalue weighted by molar-refractivity contribution is 5.41. The first kappa shape index (κ1) is 16.4. The van der Waals surface area contributed by atoms with Crippen molar-refractivity contribution < 1.29 is 4.74 Å². The van der Waals surface area contributed by atoms with Crippen molar-refractivity contribution in [1.82, 2.24) is 5.32 Å². The number of hydrogen-bond donors (Lipinski definition) is 1. The Bertz CT molecular complexity index is 441. The predicted octanol–water partition coefficient (Wildman–Crippen LogP) is 4.46. The Hall–Kier alpha value is -1.02. The molecule has 1 aromatic rings. The highest BCUT2D eigenvalue weighted by atomic mass is 16.5. The quantitative estimate of drug-likeness (QED) is 0.781. The summed E-state index contributed by atoms with van der Waals surface area (Å²) in [5.41, 5.74) is 2.83. The van der Waals surface area contributed by atoms with Gasteiger partial charge in [0, 0.05) is 12.6 Å². The first-order chi connectivity index (χ1) is 10.0. The summed E-state index contributed by atoms with van der Waals surface area (Å²) in [5.74, 6) is 1.05. The topological polar surface area (TPSA) is 21.3 Å². The van der Waals surface area contributed by atoms with Crippen molar-refractivity contribution in [2.75, 3.05) is 13.2 Å². The molecule has 1 fully saturated rings. The van der Waals surface area contributed by atoms with Crippen LogP contribution in [0.2, 0.25) is 0 Å². The molecule has 2 rings (SSSR count). The molecular weight excluding hydrogens is 258 g/mol. The van der Waals surface area contributed by atoms with Crippen LogP contribution in [-0.2, 0) is 11.8 Å². The minimum Gasteiger partial charge on any atom is -0.492 e. The Morgan fingerprint density at radius 2 is 1.90 bits per heavy atom. The molecule has 0 heterocycles. The fraction of sp³-hybridized carbons (Fsp3) is 0.684. The average Bonchev–Trinajstić information content (AvgIpc) is 2.96. The fourth-order valence-corrected chi connectivity index (χ4v) is 3.06. The lowest BCUT2D eigenvalue weighted by Crippen LogP contribution is -2.30. The van der Waals surface area contributed by atoms with Gasteiger partial charge in [-0.25, -0.2) is 0 Å². The van der Waals surface area contributed by atoms with Gasteiger partial charge < -0.3 is 10.1 Å². The van der Waals surface area contributed by atoms with Crippen molar-refractivity contribution in [2.24, 2.45) is 0 Å². The molecule has 1 aliphatic carbocycles. The summed E-state index contributed by atoms with van der Waals surface area (Å²) in [5, 5.41) is 3.61. The molecule has 0 aromatic heterocycles. The van der Waals surface area contributed by atoms with Crippen molar-refractivity contribution in [3.8, 4) is 5.75 Å². The van der Waals surface area contributed by atoms with Gasteiger partial charge in [0.25, 0.3) is 0 Å². The normalized spacial score (nSPS) is 16.4. The molecule has 0 amide bonds. The molecule has 2 nitrogen and oxygen atoms in total. The first-order valence-corrected chi connectivity index (χ1v) is 8.50. The molecule has 21 heavy (non-hydrogen) atoms. The van der Waals surface area contributed by atoms with E-state index in [9.17, 15) is 0 Å². The van der Waals surface area contributed by atoms with Crippen LogP contribution in [0.4, 0.5) is 0 Å². The number of aryl methyl sites for hydroxylation is 1. The van der Waals surface area contributed by atoms with E-state index in [2.05, 4.69) is 51.2 Å². The van der Waals surface area contributed by atoms with E-state index in [4.69, 9.17) is 4.74 Å². The van der Waals surface area contributed by atoms with E-state index in [0.717, 1.165) is 31.4 Å². The Kier molecular flexibility index (Phi) is 5.69. The predicted molar refractivity (Wildman–Crippen MR) is 90.3 cm³/mol. The van der Waals surface area contributed by atoms with E-state index in [1.165, 1.54) is 36.8 Å². The van der Waals surface area contributed by atoms with Crippen LogP contribution in [0.25, 0.3) is 0 Å². The molecule has 0 radical (unpaired) electrons. The van der Waals surface area contributed by atoms with Gasteiger partial charge in [0.1, 0.15) is 12.4 Å². The van der Waals surface area contributed by atoms with E-state index in [1.54, 1.807) is 0 Å². The highest BCUT2D eigenvalue weighted by Crippen LogP contribution is 2.32. The molecule has 0 spiro atoms. The lowest BCUT2D eigenvalue weighted by molar-refractivity contribution is 0.297. The maximum atomic E-state index is 6.06. The largest absolute Gasteiger partial charge is 0.492 e. The van der Waals surface area contributed by atoms with Gasteiger partial charge in [-0.05, 0) is 41.9 Å². The number of nitrogens with one attached hydrogen (secondary N) is 1. The smallest absolute Gasteiger partial charge is 0.123 e. The molecule has 0 saturated heterocycles. The third-order valence-corrected chi connectivity index (χ3v) is 4.41. The second-order valence-electron chi connectivity index (χ2n) is 7.22. The van der Waals surface area contributed by atoms with Gasteiger partial charge >= 0.3 is 0 Å². The van der Waals surface area contributed by atoms with Crippen molar-refractivity contribution >= 4 is 0 Å². The summed E-state index contributed by atoms with van der Waals surface area (Å²) in [4.78, 5) is 0. The van der Waals surface area contributed by atoms with Gasteiger partial charge in [-0.2, -0.15) is 0 Å². The van der Waals surface area contributed by atoms with E-state index >= 15 is 0 Å². The summed E-state index contributed by atoms with van der Waals surface area (Å²) in [7, 11) is 0. The van der Waals surface area contributed by atoms with Crippen LogP contribution >= 0.6 is 0 Å². The van der Waals surface area contributed by atoms with Crippen molar-refractivity contribution in [3.05, 3.63) is 29.3 Å². The number of ether oxygens (including phenoxy) is 1. The van der Waals surface area contributed by atoms with Crippen LogP contribution in [0.3, 0.4) is 0 Å². The van der Waals surface area contributed by atoms with Crippen LogP contribution in [-0.4, -0.2) is 19.2 Å². The molecule has 2 heteroatoms. The molecule has 1 N–H and O–H groups in total. The molecule has 1 aromatic carbocycles. The molecule has 0 atom stereocenters. The van der Waals surface area contributed by atoms with Crippen LogP contribution in [0.15, 0.2) is 18.2 Å². The van der Waals surface area contributed by atoms with Crippen LogP contribution < -0.4 is 10.1 Å². The lowest BCUT2D eigenvalue weighted by Gasteiger charge is -2.24. The van der Waals surface area contributed by atoms with Gasteiger partial charge in [0.05, 0.1) is 0 Å². The molecular formula is C19H31NO. The lowest BCUT2D eigenvalue weighted by atomic mass is 9.85. The van der Waals surface area contributed by atoms with Gasteiger partial charge in [0.2, 0.25) is 0 Å². The van der Waals surface area contributed by atoms with E-state index < -0.39 is 0 Å². The second kappa shape index (κ2) is 7.31. The van der Waals surface area contributed by atoms with Gasteiger partial charge in [-0.15, -0.1) is 0 Å². The van der Waals surface area contributed by atoms with Crippen molar-refractivity contribution in [2.45, 2.75) is 71.3 Å². The average molecular weight is 289 g/mol. The third kappa shape index (κ3) is 4.74. The molecule has 118 valence electrons. The second-order valence-corrected chi connectivity index (χ2v) is 7.22. The monoisotopic (exact) mass is 289 g/mol. The van der Waals surface area contributed by atoms with E-state index in [1.807, 2.05) is 0 Å². The van der Waals surface area contributed by atoms with Crippen LogP contribution in [0.5, 0.6) is 5.75 Å². The Labute approximate surface area is 130 Å². The number of rotatable bonds is 6. The number of benzene rings is 1. The van der Waals surface area contributed by atoms with Crippen LogP contribution in [0, 0.1) is 0 Å². The maximum Gasteiger partial charge on any atom is 0.123 e. The molecule has 0 aliphatic heterocycles. The fourth-order valence-electron chi connectivity index (χ4n) is 3.06. The van der Waals surface area contributed by atoms with Crippen molar-refractivity contribution in [3.63, 3.8) is 0 Å². The summed E-state index contributed by atoms with van der Waals surface area (Å²) < 4.78 is 6.06. The van der Waals surface area contributed by atoms with E-state index in [-0.39, 0.29) is 5.41 Å². The van der Waals surface area contributed by atoms with Gasteiger partial charge in [0.15, 0.2) is 0 Å². The Morgan fingerprint density at radius 3 is 2.52 bits per heavy atom. The summed E-state index contributed by atoms with van der Waals surface area (Å²) in [6.45, 7) is 10.7. The van der Waals surface area contributed by atoms with Gasteiger partial charge in [-0.1, -0.05) is 52.7 Å². The summed E-state index contributed by atoms with van der Waals surface area (Å²) in [6, 6.07) is 7.36. The Balaban J connectivity index is 1.92. The zero-order valence-corrected chi connectivity index (χ0v) is 14.2. The SMILES string of the molecule is CCc1ccc(OCCNC2CCCC2)c(C(C)(C)C)c1. The zero-order chi connectivity index (χ0) is 15.3. The minimum atomic E-state index is 0.124. The van der Waals surface area contributed by atoms with Crippen LogP contribution in [0.1, 0.15) is 64.5 Å². The standard InChI is InChI=1S/C19H31NO/c1-5-15-10-11-18(17(14-15)19(2,3)4)21-13-12-20-16-8-6-7-9-16/h10-11,14,16,20H,5-9,12-13H2,1-4H3. The minimum absolute atomic E-state index is 0.124. The number of hydrogen-bond acceptors (Lipinski definition) is 2. The summed E-state index contributed by atoms with van der Waals surface area (Å²) in [6.07, 6.45) is 6.50.